The lowest BCUT2D eigenvalue weighted by Crippen LogP contribution is -2.41. The van der Waals surface area contributed by atoms with Gasteiger partial charge in [-0.05, 0) is 49.9 Å². The first-order chi connectivity index (χ1) is 10.5. The van der Waals surface area contributed by atoms with Crippen molar-refractivity contribution >= 4 is 12.4 Å². The smallest absolute Gasteiger partial charge is 0.115 e. The van der Waals surface area contributed by atoms with Crippen LogP contribution in [0.15, 0.2) is 54.6 Å². The molecule has 0 saturated heterocycles. The predicted octanol–water partition coefficient (Wildman–Crippen LogP) is 3.85. The van der Waals surface area contributed by atoms with Crippen LogP contribution in [0.2, 0.25) is 0 Å². The fourth-order valence-electron chi connectivity index (χ4n) is 2.37. The molecule has 3 nitrogen and oxygen atoms in total. The average Bonchev–Trinajstić information content (AvgIpc) is 2.53. The van der Waals surface area contributed by atoms with Crippen molar-refractivity contribution in [2.45, 2.75) is 38.3 Å². The molecular weight excluding hydrogens is 310 g/mol. The van der Waals surface area contributed by atoms with Crippen LogP contribution in [-0.4, -0.2) is 22.3 Å². The molecular formula is C19H26ClNO2. The quantitative estimate of drug-likeness (QED) is 0.720. The minimum Gasteiger partial charge on any atom is -0.508 e. The van der Waals surface area contributed by atoms with Crippen molar-refractivity contribution in [1.82, 2.24) is 5.32 Å². The van der Waals surface area contributed by atoms with Gasteiger partial charge in [0.25, 0.3) is 0 Å². The normalized spacial score (nSPS) is 12.5. The number of rotatable bonds is 7. The van der Waals surface area contributed by atoms with E-state index in [9.17, 15) is 10.2 Å². The summed E-state index contributed by atoms with van der Waals surface area (Å²) < 4.78 is 0. The van der Waals surface area contributed by atoms with Crippen LogP contribution in [0.1, 0.15) is 37.5 Å². The number of phenols is 1. The zero-order valence-corrected chi connectivity index (χ0v) is 14.5. The van der Waals surface area contributed by atoms with E-state index in [1.165, 1.54) is 5.56 Å². The Hall–Kier alpha value is -1.55. The molecule has 0 saturated carbocycles. The van der Waals surface area contributed by atoms with Crippen LogP contribution in [-0.2, 0) is 6.42 Å². The first kappa shape index (κ1) is 19.5. The number of aliphatic hydroxyl groups is 1. The zero-order valence-electron chi connectivity index (χ0n) is 13.7. The van der Waals surface area contributed by atoms with Crippen LogP contribution in [0.25, 0.3) is 0 Å². The molecule has 2 aromatic carbocycles. The van der Waals surface area contributed by atoms with E-state index >= 15 is 0 Å². The Morgan fingerprint density at radius 2 is 1.61 bits per heavy atom. The van der Waals surface area contributed by atoms with E-state index in [4.69, 9.17) is 0 Å². The van der Waals surface area contributed by atoms with Crippen molar-refractivity contribution in [2.75, 3.05) is 6.54 Å². The molecule has 4 heteroatoms. The molecule has 0 radical (unpaired) electrons. The van der Waals surface area contributed by atoms with E-state index in [-0.39, 0.29) is 17.9 Å². The largest absolute Gasteiger partial charge is 0.508 e. The van der Waals surface area contributed by atoms with Gasteiger partial charge in [-0.25, -0.2) is 0 Å². The highest BCUT2D eigenvalue weighted by molar-refractivity contribution is 5.85. The number of hydrogen-bond acceptors (Lipinski definition) is 3. The number of β-amino-alcohol motifs (C(OH)–C–C–N with tert-alkyl or cyclic N) is 1. The summed E-state index contributed by atoms with van der Waals surface area (Å²) in [4.78, 5) is 0. The lowest BCUT2D eigenvalue weighted by atomic mass is 9.94. The highest BCUT2D eigenvalue weighted by atomic mass is 35.5. The Balaban J connectivity index is 0.00000264. The van der Waals surface area contributed by atoms with Gasteiger partial charge >= 0.3 is 0 Å². The fraction of sp³-hybridized carbons (Fsp3) is 0.368. The Morgan fingerprint density at radius 1 is 1.00 bits per heavy atom. The molecule has 0 fully saturated rings. The van der Waals surface area contributed by atoms with Crippen LogP contribution < -0.4 is 5.32 Å². The first-order valence-corrected chi connectivity index (χ1v) is 7.72. The molecule has 0 aliphatic rings. The zero-order chi connectivity index (χ0) is 16.0. The van der Waals surface area contributed by atoms with Crippen LogP contribution in [0.3, 0.4) is 0 Å². The van der Waals surface area contributed by atoms with Gasteiger partial charge in [0.05, 0.1) is 6.10 Å². The summed E-state index contributed by atoms with van der Waals surface area (Å²) in [7, 11) is 0. The van der Waals surface area contributed by atoms with Crippen LogP contribution in [0.5, 0.6) is 5.75 Å². The van der Waals surface area contributed by atoms with E-state index < -0.39 is 6.10 Å². The fourth-order valence-corrected chi connectivity index (χ4v) is 2.37. The maximum atomic E-state index is 10.2. The number of halogens is 1. The summed E-state index contributed by atoms with van der Waals surface area (Å²) >= 11 is 0. The summed E-state index contributed by atoms with van der Waals surface area (Å²) in [5, 5.41) is 22.9. The molecule has 0 aromatic heterocycles. The molecule has 0 amide bonds. The summed E-state index contributed by atoms with van der Waals surface area (Å²) in [6.07, 6.45) is 1.40. The second-order valence-corrected chi connectivity index (χ2v) is 6.36. The van der Waals surface area contributed by atoms with Crippen LogP contribution in [0, 0.1) is 0 Å². The molecule has 3 N–H and O–H groups in total. The van der Waals surface area contributed by atoms with Crippen molar-refractivity contribution in [3.8, 4) is 5.75 Å². The molecule has 0 aliphatic heterocycles. The number of hydrogen-bond donors (Lipinski definition) is 3. The number of aliphatic hydroxyl groups excluding tert-OH is 1. The Labute approximate surface area is 144 Å². The molecule has 0 spiro atoms. The number of benzene rings is 2. The van der Waals surface area contributed by atoms with E-state index in [1.54, 1.807) is 12.1 Å². The second-order valence-electron chi connectivity index (χ2n) is 6.36. The standard InChI is InChI=1S/C19H25NO2.ClH/c1-19(2,13-12-15-8-10-17(21)11-9-15)20-14-18(22)16-6-4-3-5-7-16;/h3-11,18,20-22H,12-14H2,1-2H3;1H/t18-;/m0./s1. The summed E-state index contributed by atoms with van der Waals surface area (Å²) in [6, 6.07) is 17.0. The third-order valence-corrected chi connectivity index (χ3v) is 3.93. The number of aromatic hydroxyl groups is 1. The Morgan fingerprint density at radius 3 is 2.22 bits per heavy atom. The van der Waals surface area contributed by atoms with Gasteiger partial charge in [-0.2, -0.15) is 0 Å². The van der Waals surface area contributed by atoms with E-state index in [0.29, 0.717) is 12.3 Å². The second kappa shape index (κ2) is 8.92. The average molecular weight is 336 g/mol. The molecule has 2 aromatic rings. The number of aryl methyl sites for hydroxylation is 1. The van der Waals surface area contributed by atoms with Crippen LogP contribution in [0.4, 0.5) is 0 Å². The molecule has 0 aliphatic carbocycles. The number of phenolic OH excluding ortho intramolecular Hbond substituents is 1. The lowest BCUT2D eigenvalue weighted by molar-refractivity contribution is 0.159. The molecule has 2 rings (SSSR count). The van der Waals surface area contributed by atoms with Gasteiger partial charge in [-0.3, -0.25) is 0 Å². The van der Waals surface area contributed by atoms with Gasteiger partial charge in [0.2, 0.25) is 0 Å². The Kier molecular flexibility index (Phi) is 7.56. The van der Waals surface area contributed by atoms with Crippen molar-refractivity contribution in [1.29, 1.82) is 0 Å². The molecule has 0 bridgehead atoms. The first-order valence-electron chi connectivity index (χ1n) is 7.72. The Bertz CT molecular complexity index is 570. The number of nitrogens with one attached hydrogen (secondary N) is 1. The van der Waals surface area contributed by atoms with Crippen molar-refractivity contribution in [3.05, 3.63) is 65.7 Å². The van der Waals surface area contributed by atoms with Gasteiger partial charge in [-0.1, -0.05) is 42.5 Å². The summed E-state index contributed by atoms with van der Waals surface area (Å²) in [6.45, 7) is 4.82. The lowest BCUT2D eigenvalue weighted by Gasteiger charge is -2.28. The monoisotopic (exact) mass is 335 g/mol. The topological polar surface area (TPSA) is 52.5 Å². The van der Waals surface area contributed by atoms with Crippen molar-refractivity contribution in [2.24, 2.45) is 0 Å². The van der Waals surface area contributed by atoms with Gasteiger partial charge < -0.3 is 15.5 Å². The molecule has 23 heavy (non-hydrogen) atoms. The summed E-state index contributed by atoms with van der Waals surface area (Å²) in [5.41, 5.74) is 2.08. The maximum absolute atomic E-state index is 10.2. The van der Waals surface area contributed by atoms with Crippen molar-refractivity contribution < 1.29 is 10.2 Å². The van der Waals surface area contributed by atoms with E-state index in [0.717, 1.165) is 18.4 Å². The SMILES string of the molecule is CC(C)(CCc1ccc(O)cc1)NC[C@H](O)c1ccccc1.Cl. The highest BCUT2D eigenvalue weighted by Gasteiger charge is 2.19. The molecule has 126 valence electrons. The van der Waals surface area contributed by atoms with Gasteiger partial charge in [0.15, 0.2) is 0 Å². The molecule has 0 heterocycles. The molecule has 1 atom stereocenters. The van der Waals surface area contributed by atoms with Crippen LogP contribution >= 0.6 is 12.4 Å². The van der Waals surface area contributed by atoms with Crippen molar-refractivity contribution in [3.63, 3.8) is 0 Å². The minimum atomic E-state index is -0.492. The van der Waals surface area contributed by atoms with Gasteiger partial charge in [0, 0.05) is 12.1 Å². The third kappa shape index (κ3) is 6.61. The third-order valence-electron chi connectivity index (χ3n) is 3.93. The maximum Gasteiger partial charge on any atom is 0.115 e. The van der Waals surface area contributed by atoms with E-state index in [1.807, 2.05) is 42.5 Å². The van der Waals surface area contributed by atoms with Gasteiger partial charge in [-0.15, -0.1) is 12.4 Å². The predicted molar refractivity (Wildman–Crippen MR) is 97.2 cm³/mol. The molecule has 0 unspecified atom stereocenters. The van der Waals surface area contributed by atoms with E-state index in [2.05, 4.69) is 19.2 Å². The minimum absolute atomic E-state index is 0. The highest BCUT2D eigenvalue weighted by Crippen LogP contribution is 2.18. The van der Waals surface area contributed by atoms with Gasteiger partial charge in [0.1, 0.15) is 5.75 Å². The summed E-state index contributed by atoms with van der Waals surface area (Å²) in [5.74, 6) is 0.298.